The van der Waals surface area contributed by atoms with Crippen LogP contribution in [-0.4, -0.2) is 34.7 Å². The van der Waals surface area contributed by atoms with Crippen LogP contribution in [0.5, 0.6) is 0 Å². The molecule has 0 aromatic rings. The van der Waals surface area contributed by atoms with Gasteiger partial charge in [0.15, 0.2) is 5.11 Å². The fourth-order valence-electron chi connectivity index (χ4n) is 0.926. The zero-order valence-electron chi connectivity index (χ0n) is 8.70. The summed E-state index contributed by atoms with van der Waals surface area (Å²) in [5.41, 5.74) is 7.90. The van der Waals surface area contributed by atoms with Crippen molar-refractivity contribution in [2.45, 2.75) is 20.8 Å². The molecule has 0 aromatic carbocycles. The number of carbonyl (C=O) groups excluding carboxylic acids is 1. The highest BCUT2D eigenvalue weighted by atomic mass is 32.1. The molecule has 0 rings (SSSR count). The summed E-state index contributed by atoms with van der Waals surface area (Å²) in [5.74, 6) is -0.112. The molecule has 0 unspecified atom stereocenters. The molecule has 0 saturated carbocycles. The van der Waals surface area contributed by atoms with E-state index in [1.54, 1.807) is 11.8 Å². The third-order valence-electron chi connectivity index (χ3n) is 1.69. The zero-order valence-corrected chi connectivity index (χ0v) is 9.52. The number of carbonyl (C=O) groups is 1. The number of nitrogens with zero attached hydrogens (tertiary/aromatic N) is 2. The third-order valence-corrected chi connectivity index (χ3v) is 1.79. The molecule has 80 valence electrons. The van der Waals surface area contributed by atoms with Crippen LogP contribution < -0.4 is 11.2 Å². The number of nitrogens with one attached hydrogen (secondary N) is 1. The van der Waals surface area contributed by atoms with E-state index in [1.165, 1.54) is 0 Å². The van der Waals surface area contributed by atoms with Crippen molar-refractivity contribution < 1.29 is 4.79 Å². The van der Waals surface area contributed by atoms with Gasteiger partial charge in [-0.3, -0.25) is 10.2 Å². The highest BCUT2D eigenvalue weighted by Gasteiger charge is 2.12. The predicted octanol–water partition coefficient (Wildman–Crippen LogP) is 0.0639. The van der Waals surface area contributed by atoms with E-state index >= 15 is 0 Å². The normalized spacial score (nSPS) is 10.9. The molecular formula is C8H16N4OS. The maximum atomic E-state index is 11.6. The molecule has 0 heterocycles. The maximum absolute atomic E-state index is 11.6. The fraction of sp³-hybridized carbons (Fsp3) is 0.625. The minimum absolute atomic E-state index is 0.0525. The summed E-state index contributed by atoms with van der Waals surface area (Å²) in [6.07, 6.45) is 0. The van der Waals surface area contributed by atoms with Gasteiger partial charge in [-0.05, 0) is 33.0 Å². The van der Waals surface area contributed by atoms with Crippen LogP contribution >= 0.6 is 12.2 Å². The number of amides is 1. The molecule has 0 atom stereocenters. The molecule has 1 amide bonds. The zero-order chi connectivity index (χ0) is 11.1. The lowest BCUT2D eigenvalue weighted by atomic mass is 10.3. The lowest BCUT2D eigenvalue weighted by Gasteiger charge is -2.17. The summed E-state index contributed by atoms with van der Waals surface area (Å²) >= 11 is 4.56. The van der Waals surface area contributed by atoms with Crippen molar-refractivity contribution in [1.82, 2.24) is 10.3 Å². The van der Waals surface area contributed by atoms with Crippen LogP contribution in [0.3, 0.4) is 0 Å². The molecule has 0 aliphatic heterocycles. The Morgan fingerprint density at radius 3 is 2.36 bits per heavy atom. The number of hydrogen-bond donors (Lipinski definition) is 2. The standard InChI is InChI=1S/C8H16N4OS/c1-4-12(5-2)7(13)6(3)10-11-8(9)14/h4-5H2,1-3H3,(H3,9,11,14)/b10-6-. The van der Waals surface area contributed by atoms with Crippen LogP contribution in [0.15, 0.2) is 5.10 Å². The van der Waals surface area contributed by atoms with E-state index in [9.17, 15) is 4.79 Å². The lowest BCUT2D eigenvalue weighted by Crippen LogP contribution is -2.36. The van der Waals surface area contributed by atoms with Gasteiger partial charge in [-0.1, -0.05) is 0 Å². The molecule has 3 N–H and O–H groups in total. The molecule has 0 fully saturated rings. The fourth-order valence-corrected chi connectivity index (χ4v) is 0.972. The van der Waals surface area contributed by atoms with Gasteiger partial charge in [0, 0.05) is 13.1 Å². The molecular weight excluding hydrogens is 200 g/mol. The Balaban J connectivity index is 4.36. The molecule has 14 heavy (non-hydrogen) atoms. The van der Waals surface area contributed by atoms with Gasteiger partial charge in [-0.15, -0.1) is 0 Å². The third kappa shape index (κ3) is 4.18. The molecule has 0 aliphatic rings. The summed E-state index contributed by atoms with van der Waals surface area (Å²) in [6.45, 7) is 6.77. The van der Waals surface area contributed by atoms with Gasteiger partial charge in [-0.25, -0.2) is 0 Å². The van der Waals surface area contributed by atoms with Gasteiger partial charge in [0.25, 0.3) is 5.91 Å². The van der Waals surface area contributed by atoms with Crippen molar-refractivity contribution in [3.63, 3.8) is 0 Å². The second-order valence-electron chi connectivity index (χ2n) is 2.65. The Kier molecular flexibility index (Phi) is 5.78. The lowest BCUT2D eigenvalue weighted by molar-refractivity contribution is -0.123. The van der Waals surface area contributed by atoms with E-state index in [1.807, 2.05) is 13.8 Å². The quantitative estimate of drug-likeness (QED) is 0.396. The summed E-state index contributed by atoms with van der Waals surface area (Å²) in [7, 11) is 0. The Morgan fingerprint density at radius 2 is 2.00 bits per heavy atom. The molecule has 0 aromatic heterocycles. The summed E-state index contributed by atoms with van der Waals surface area (Å²) < 4.78 is 0. The first kappa shape index (κ1) is 12.8. The second kappa shape index (κ2) is 6.31. The Bertz CT molecular complexity index is 248. The van der Waals surface area contributed by atoms with Crippen LogP contribution in [0, 0.1) is 0 Å². The van der Waals surface area contributed by atoms with E-state index in [-0.39, 0.29) is 11.0 Å². The van der Waals surface area contributed by atoms with Crippen molar-refractivity contribution >= 4 is 28.9 Å². The van der Waals surface area contributed by atoms with Crippen LogP contribution in [-0.2, 0) is 4.79 Å². The largest absolute Gasteiger partial charge is 0.375 e. The number of thiocarbonyl (C=S) groups is 1. The predicted molar refractivity (Wildman–Crippen MR) is 61.0 cm³/mol. The van der Waals surface area contributed by atoms with E-state index in [0.29, 0.717) is 18.8 Å². The van der Waals surface area contributed by atoms with Crippen LogP contribution in [0.1, 0.15) is 20.8 Å². The number of hydrogen-bond acceptors (Lipinski definition) is 3. The molecule has 6 heteroatoms. The molecule has 0 spiro atoms. The first-order chi connectivity index (χ1) is 6.52. The molecule has 0 aliphatic carbocycles. The molecule has 0 radical (unpaired) electrons. The maximum Gasteiger partial charge on any atom is 0.269 e. The van der Waals surface area contributed by atoms with Crippen molar-refractivity contribution in [2.24, 2.45) is 10.8 Å². The molecule has 0 saturated heterocycles. The topological polar surface area (TPSA) is 70.7 Å². The van der Waals surface area contributed by atoms with Gasteiger partial charge >= 0.3 is 0 Å². The van der Waals surface area contributed by atoms with Gasteiger partial charge in [-0.2, -0.15) is 5.10 Å². The van der Waals surface area contributed by atoms with E-state index in [2.05, 4.69) is 22.7 Å². The number of nitrogens with two attached hydrogens (primary N) is 1. The average Bonchev–Trinajstić information content (AvgIpc) is 2.15. The summed E-state index contributed by atoms with van der Waals surface area (Å²) in [6, 6.07) is 0. The minimum Gasteiger partial charge on any atom is -0.375 e. The van der Waals surface area contributed by atoms with Gasteiger partial charge in [0.05, 0.1) is 0 Å². The number of rotatable bonds is 4. The van der Waals surface area contributed by atoms with Crippen molar-refractivity contribution in [3.05, 3.63) is 0 Å². The van der Waals surface area contributed by atoms with Crippen LogP contribution in [0.4, 0.5) is 0 Å². The molecule has 0 bridgehead atoms. The highest BCUT2D eigenvalue weighted by Crippen LogP contribution is 1.91. The van der Waals surface area contributed by atoms with Gasteiger partial charge < -0.3 is 10.6 Å². The van der Waals surface area contributed by atoms with E-state index in [0.717, 1.165) is 0 Å². The smallest absolute Gasteiger partial charge is 0.269 e. The minimum atomic E-state index is -0.112. The second-order valence-corrected chi connectivity index (χ2v) is 3.09. The number of hydrazone groups is 1. The summed E-state index contributed by atoms with van der Waals surface area (Å²) in [5, 5.41) is 3.80. The Morgan fingerprint density at radius 1 is 1.50 bits per heavy atom. The van der Waals surface area contributed by atoms with Crippen LogP contribution in [0.2, 0.25) is 0 Å². The highest BCUT2D eigenvalue weighted by molar-refractivity contribution is 7.80. The first-order valence-electron chi connectivity index (χ1n) is 4.41. The van der Waals surface area contributed by atoms with Crippen LogP contribution in [0.25, 0.3) is 0 Å². The van der Waals surface area contributed by atoms with Gasteiger partial charge in [0.1, 0.15) is 5.71 Å². The average molecular weight is 216 g/mol. The van der Waals surface area contributed by atoms with E-state index < -0.39 is 0 Å². The van der Waals surface area contributed by atoms with Crippen molar-refractivity contribution in [2.75, 3.05) is 13.1 Å². The SMILES string of the molecule is CCN(CC)C(=O)/C(C)=N\NC(N)=S. The Labute approximate surface area is 89.3 Å². The first-order valence-corrected chi connectivity index (χ1v) is 4.82. The van der Waals surface area contributed by atoms with Crippen molar-refractivity contribution in [3.8, 4) is 0 Å². The van der Waals surface area contributed by atoms with Gasteiger partial charge in [0.2, 0.25) is 0 Å². The van der Waals surface area contributed by atoms with E-state index in [4.69, 9.17) is 5.73 Å². The van der Waals surface area contributed by atoms with Crippen molar-refractivity contribution in [1.29, 1.82) is 0 Å². The molecule has 5 nitrogen and oxygen atoms in total. The Hall–Kier alpha value is -1.17. The monoisotopic (exact) mass is 216 g/mol. The summed E-state index contributed by atoms with van der Waals surface area (Å²) in [4.78, 5) is 13.3.